The Balaban J connectivity index is 2.03. The first-order valence-corrected chi connectivity index (χ1v) is 6.44. The summed E-state index contributed by atoms with van der Waals surface area (Å²) in [6.07, 6.45) is 3.47. The van der Waals surface area contributed by atoms with Crippen molar-refractivity contribution in [1.29, 1.82) is 0 Å². The molecule has 0 spiro atoms. The van der Waals surface area contributed by atoms with E-state index in [1.54, 1.807) is 19.4 Å². The van der Waals surface area contributed by atoms with Crippen molar-refractivity contribution in [1.82, 2.24) is 19.9 Å². The first kappa shape index (κ1) is 14.2. The molecule has 0 amide bonds. The molecule has 2 rings (SSSR count). The van der Waals surface area contributed by atoms with Gasteiger partial charge in [-0.25, -0.2) is 15.0 Å². The van der Waals surface area contributed by atoms with Gasteiger partial charge < -0.3 is 15.0 Å². The summed E-state index contributed by atoms with van der Waals surface area (Å²) < 4.78 is 5.55. The summed E-state index contributed by atoms with van der Waals surface area (Å²) in [5.41, 5.74) is 1.76. The molecule has 0 saturated heterocycles. The van der Waals surface area contributed by atoms with E-state index in [1.807, 2.05) is 32.3 Å². The highest BCUT2D eigenvalue weighted by Crippen LogP contribution is 2.18. The molecule has 6 heteroatoms. The van der Waals surface area contributed by atoms with Gasteiger partial charge in [-0.05, 0) is 26.2 Å². The van der Waals surface area contributed by atoms with E-state index in [2.05, 4.69) is 25.2 Å². The van der Waals surface area contributed by atoms with Gasteiger partial charge in [0.2, 0.25) is 11.8 Å². The van der Waals surface area contributed by atoms with E-state index in [-0.39, 0.29) is 0 Å². The molecule has 0 radical (unpaired) electrons. The van der Waals surface area contributed by atoms with E-state index in [0.29, 0.717) is 18.4 Å². The third-order valence-electron chi connectivity index (χ3n) is 2.70. The molecule has 0 unspecified atom stereocenters. The summed E-state index contributed by atoms with van der Waals surface area (Å²) in [6, 6.07) is 5.65. The highest BCUT2D eigenvalue weighted by Gasteiger charge is 2.03. The highest BCUT2D eigenvalue weighted by molar-refractivity contribution is 5.59. The average molecular weight is 273 g/mol. The molecular formula is C14H19N5O. The first-order valence-electron chi connectivity index (χ1n) is 6.44. The van der Waals surface area contributed by atoms with Crippen LogP contribution in [0.5, 0.6) is 5.88 Å². The molecule has 6 nitrogen and oxygen atoms in total. The number of likely N-dealkylation sites (N-methyl/N-ethyl adjacent to an activating group) is 1. The quantitative estimate of drug-likeness (QED) is 0.861. The van der Waals surface area contributed by atoms with Gasteiger partial charge in [0.15, 0.2) is 0 Å². The predicted octanol–water partition coefficient (Wildman–Crippen LogP) is 1.52. The summed E-state index contributed by atoms with van der Waals surface area (Å²) in [5, 5.41) is 2.91. The van der Waals surface area contributed by atoms with Crippen molar-refractivity contribution in [2.24, 2.45) is 0 Å². The van der Waals surface area contributed by atoms with Gasteiger partial charge in [0.1, 0.15) is 6.61 Å². The molecule has 0 aliphatic rings. The van der Waals surface area contributed by atoms with Gasteiger partial charge in [-0.3, -0.25) is 0 Å². The Morgan fingerprint density at radius 3 is 2.70 bits per heavy atom. The van der Waals surface area contributed by atoms with Crippen LogP contribution in [0.3, 0.4) is 0 Å². The molecule has 106 valence electrons. The summed E-state index contributed by atoms with van der Waals surface area (Å²) in [5.74, 6) is 1.22. The van der Waals surface area contributed by atoms with Crippen molar-refractivity contribution in [3.05, 3.63) is 30.6 Å². The second-order valence-electron chi connectivity index (χ2n) is 4.55. The summed E-state index contributed by atoms with van der Waals surface area (Å²) in [7, 11) is 5.81. The lowest BCUT2D eigenvalue weighted by Crippen LogP contribution is -2.19. The van der Waals surface area contributed by atoms with Gasteiger partial charge in [-0.15, -0.1) is 0 Å². The third-order valence-corrected chi connectivity index (χ3v) is 2.70. The lowest BCUT2D eigenvalue weighted by atomic mass is 10.2. The molecule has 0 atom stereocenters. The van der Waals surface area contributed by atoms with Crippen LogP contribution in [-0.2, 0) is 0 Å². The smallest absolute Gasteiger partial charge is 0.222 e. The largest absolute Gasteiger partial charge is 0.476 e. The van der Waals surface area contributed by atoms with Crippen LogP contribution in [0.15, 0.2) is 30.6 Å². The summed E-state index contributed by atoms with van der Waals surface area (Å²) in [6.45, 7) is 1.48. The highest BCUT2D eigenvalue weighted by atomic mass is 16.5. The third kappa shape index (κ3) is 3.89. The lowest BCUT2D eigenvalue weighted by Gasteiger charge is -2.10. The second kappa shape index (κ2) is 6.81. The second-order valence-corrected chi connectivity index (χ2v) is 4.55. The maximum absolute atomic E-state index is 5.55. The van der Waals surface area contributed by atoms with Crippen molar-refractivity contribution in [2.45, 2.75) is 0 Å². The van der Waals surface area contributed by atoms with E-state index >= 15 is 0 Å². The zero-order chi connectivity index (χ0) is 14.4. The molecule has 0 aromatic carbocycles. The van der Waals surface area contributed by atoms with Gasteiger partial charge in [0.05, 0.1) is 5.69 Å². The van der Waals surface area contributed by atoms with Crippen molar-refractivity contribution < 1.29 is 4.74 Å². The molecule has 2 heterocycles. The van der Waals surface area contributed by atoms with Gasteiger partial charge in [-0.2, -0.15) is 0 Å². The zero-order valence-corrected chi connectivity index (χ0v) is 12.0. The number of aromatic nitrogens is 3. The molecule has 20 heavy (non-hydrogen) atoms. The van der Waals surface area contributed by atoms with Crippen molar-refractivity contribution in [3.8, 4) is 17.1 Å². The molecule has 2 aromatic rings. The number of anilines is 1. The normalized spacial score (nSPS) is 10.6. The van der Waals surface area contributed by atoms with E-state index < -0.39 is 0 Å². The van der Waals surface area contributed by atoms with Crippen LogP contribution in [0.2, 0.25) is 0 Å². The Labute approximate surface area is 118 Å². The molecule has 0 aliphatic carbocycles. The molecule has 0 fully saturated rings. The van der Waals surface area contributed by atoms with Crippen LogP contribution in [0.25, 0.3) is 11.3 Å². The van der Waals surface area contributed by atoms with Gasteiger partial charge >= 0.3 is 0 Å². The van der Waals surface area contributed by atoms with Gasteiger partial charge in [0.25, 0.3) is 0 Å². The maximum Gasteiger partial charge on any atom is 0.222 e. The molecular weight excluding hydrogens is 254 g/mol. The zero-order valence-electron chi connectivity index (χ0n) is 12.0. The maximum atomic E-state index is 5.55. The Bertz CT molecular complexity index is 542. The van der Waals surface area contributed by atoms with Crippen LogP contribution in [0, 0.1) is 0 Å². The standard InChI is InChI=1S/C14H19N5O/c1-15-14-16-7-6-12(18-14)11-4-5-13(17-10-11)20-9-8-19(2)3/h4-7,10H,8-9H2,1-3H3,(H,15,16,18). The first-order chi connectivity index (χ1) is 9.69. The van der Waals surface area contributed by atoms with E-state index in [4.69, 9.17) is 4.74 Å². The van der Waals surface area contributed by atoms with Crippen molar-refractivity contribution in [2.75, 3.05) is 39.6 Å². The van der Waals surface area contributed by atoms with Crippen molar-refractivity contribution >= 4 is 5.95 Å². The molecule has 0 aliphatic heterocycles. The van der Waals surface area contributed by atoms with E-state index in [1.165, 1.54) is 0 Å². The van der Waals surface area contributed by atoms with Crippen molar-refractivity contribution in [3.63, 3.8) is 0 Å². The average Bonchev–Trinajstić information content (AvgIpc) is 2.48. The molecule has 2 aromatic heterocycles. The Morgan fingerprint density at radius 1 is 1.20 bits per heavy atom. The Hall–Kier alpha value is -2.21. The molecule has 0 bridgehead atoms. The number of nitrogens with zero attached hydrogens (tertiary/aromatic N) is 4. The summed E-state index contributed by atoms with van der Waals surface area (Å²) >= 11 is 0. The SMILES string of the molecule is CNc1nccc(-c2ccc(OCCN(C)C)nc2)n1. The van der Waals surface area contributed by atoms with Gasteiger partial charge in [-0.1, -0.05) is 0 Å². The molecule has 1 N–H and O–H groups in total. The lowest BCUT2D eigenvalue weighted by molar-refractivity contribution is 0.254. The number of rotatable bonds is 6. The number of pyridine rings is 1. The fraction of sp³-hybridized carbons (Fsp3) is 0.357. The van der Waals surface area contributed by atoms with E-state index in [9.17, 15) is 0 Å². The minimum atomic E-state index is 0.591. The number of nitrogens with one attached hydrogen (secondary N) is 1. The number of hydrogen-bond donors (Lipinski definition) is 1. The molecule has 0 saturated carbocycles. The fourth-order valence-electron chi connectivity index (χ4n) is 1.59. The van der Waals surface area contributed by atoms with Crippen LogP contribution in [0.4, 0.5) is 5.95 Å². The minimum absolute atomic E-state index is 0.591. The Kier molecular flexibility index (Phi) is 4.84. The van der Waals surface area contributed by atoms with Crippen LogP contribution >= 0.6 is 0 Å². The topological polar surface area (TPSA) is 63.2 Å². The van der Waals surface area contributed by atoms with E-state index in [0.717, 1.165) is 17.8 Å². The van der Waals surface area contributed by atoms with Gasteiger partial charge in [0, 0.05) is 37.6 Å². The minimum Gasteiger partial charge on any atom is -0.476 e. The number of hydrogen-bond acceptors (Lipinski definition) is 6. The van der Waals surface area contributed by atoms with Crippen LogP contribution in [-0.4, -0.2) is 54.1 Å². The fourth-order valence-corrected chi connectivity index (χ4v) is 1.59. The van der Waals surface area contributed by atoms with Crippen LogP contribution in [0.1, 0.15) is 0 Å². The Morgan fingerprint density at radius 2 is 2.05 bits per heavy atom. The number of ether oxygens (including phenoxy) is 1. The predicted molar refractivity (Wildman–Crippen MR) is 78.9 cm³/mol. The van der Waals surface area contributed by atoms with Crippen LogP contribution < -0.4 is 10.1 Å². The monoisotopic (exact) mass is 273 g/mol. The summed E-state index contributed by atoms with van der Waals surface area (Å²) in [4.78, 5) is 14.8.